The average molecular weight is 380 g/mol. The standard InChI is InChI=1S/C23H29N3O2/c1-16(2)15-28-21-7-3-5-17(10-21)22-11-18-9-19(25-23(18)12-24-22)13-26-8-4-6-20(26)14-27/h3,5,7,9-12,16,20,25,27H,4,6,8,13-15H2,1-2H3/t20-/m1/s1. The molecule has 148 valence electrons. The number of nitrogens with one attached hydrogen (secondary N) is 1. The number of nitrogens with zero attached hydrogens (tertiary/aromatic N) is 2. The zero-order chi connectivity index (χ0) is 19.5. The predicted molar refractivity (Wildman–Crippen MR) is 112 cm³/mol. The Morgan fingerprint density at radius 2 is 2.18 bits per heavy atom. The van der Waals surface area contributed by atoms with Crippen molar-refractivity contribution < 1.29 is 9.84 Å². The maximum Gasteiger partial charge on any atom is 0.119 e. The molecular weight excluding hydrogens is 350 g/mol. The molecule has 1 atom stereocenters. The number of likely N-dealkylation sites (tertiary alicyclic amines) is 1. The molecule has 5 nitrogen and oxygen atoms in total. The normalized spacial score (nSPS) is 17.6. The van der Waals surface area contributed by atoms with Gasteiger partial charge in [-0.3, -0.25) is 9.88 Å². The van der Waals surface area contributed by atoms with Gasteiger partial charge in [-0.2, -0.15) is 0 Å². The SMILES string of the molecule is CC(C)COc1cccc(-c2cc3cc(CN4CCC[C@@H]4CO)[nH]c3cn2)c1. The van der Waals surface area contributed by atoms with Gasteiger partial charge < -0.3 is 14.8 Å². The van der Waals surface area contributed by atoms with Crippen LogP contribution in [0, 0.1) is 5.92 Å². The van der Waals surface area contributed by atoms with Crippen LogP contribution in [0.5, 0.6) is 5.75 Å². The molecule has 4 rings (SSSR count). The number of rotatable bonds is 7. The molecule has 0 saturated carbocycles. The minimum Gasteiger partial charge on any atom is -0.493 e. The smallest absolute Gasteiger partial charge is 0.119 e. The molecule has 0 spiro atoms. The summed E-state index contributed by atoms with van der Waals surface area (Å²) in [6.07, 6.45) is 4.15. The Kier molecular flexibility index (Phi) is 5.64. The minimum absolute atomic E-state index is 0.237. The average Bonchev–Trinajstić information content (AvgIpc) is 3.32. The van der Waals surface area contributed by atoms with E-state index in [0.717, 1.165) is 53.8 Å². The quantitative estimate of drug-likeness (QED) is 0.645. The fourth-order valence-corrected chi connectivity index (χ4v) is 3.87. The van der Waals surface area contributed by atoms with E-state index >= 15 is 0 Å². The van der Waals surface area contributed by atoms with Crippen LogP contribution in [0.2, 0.25) is 0 Å². The molecule has 0 bridgehead atoms. The van der Waals surface area contributed by atoms with E-state index in [2.05, 4.69) is 53.0 Å². The molecule has 1 fully saturated rings. The summed E-state index contributed by atoms with van der Waals surface area (Å²) in [5, 5.41) is 10.7. The summed E-state index contributed by atoms with van der Waals surface area (Å²) in [6.45, 7) is 7.13. The number of aliphatic hydroxyl groups is 1. The lowest BCUT2D eigenvalue weighted by Gasteiger charge is -2.21. The summed E-state index contributed by atoms with van der Waals surface area (Å²) < 4.78 is 5.86. The molecule has 3 heterocycles. The molecular formula is C23H29N3O2. The van der Waals surface area contributed by atoms with E-state index < -0.39 is 0 Å². The van der Waals surface area contributed by atoms with Crippen LogP contribution in [0.4, 0.5) is 0 Å². The highest BCUT2D eigenvalue weighted by Crippen LogP contribution is 2.27. The lowest BCUT2D eigenvalue weighted by Crippen LogP contribution is -2.31. The van der Waals surface area contributed by atoms with Gasteiger partial charge in [0.1, 0.15) is 5.75 Å². The maximum atomic E-state index is 9.54. The molecule has 2 aromatic heterocycles. The third-order valence-corrected chi connectivity index (χ3v) is 5.36. The molecule has 5 heteroatoms. The van der Waals surface area contributed by atoms with Gasteiger partial charge in [0.25, 0.3) is 0 Å². The van der Waals surface area contributed by atoms with Gasteiger partial charge in [0.2, 0.25) is 0 Å². The Morgan fingerprint density at radius 1 is 1.29 bits per heavy atom. The van der Waals surface area contributed by atoms with Gasteiger partial charge in [0.15, 0.2) is 0 Å². The van der Waals surface area contributed by atoms with Crippen molar-refractivity contribution >= 4 is 10.9 Å². The van der Waals surface area contributed by atoms with Gasteiger partial charge in [-0.15, -0.1) is 0 Å². The first-order valence-electron chi connectivity index (χ1n) is 10.2. The van der Waals surface area contributed by atoms with Crippen molar-refractivity contribution in [2.75, 3.05) is 19.8 Å². The summed E-state index contributed by atoms with van der Waals surface area (Å²) in [5.74, 6) is 1.38. The maximum absolute atomic E-state index is 9.54. The molecule has 0 aliphatic carbocycles. The monoisotopic (exact) mass is 379 g/mol. The van der Waals surface area contributed by atoms with Gasteiger partial charge in [-0.25, -0.2) is 0 Å². The Morgan fingerprint density at radius 3 is 3.00 bits per heavy atom. The van der Waals surface area contributed by atoms with Crippen molar-refractivity contribution in [1.29, 1.82) is 0 Å². The van der Waals surface area contributed by atoms with Crippen LogP contribution in [0.3, 0.4) is 0 Å². The van der Waals surface area contributed by atoms with Crippen LogP contribution in [-0.4, -0.2) is 45.8 Å². The van der Waals surface area contributed by atoms with Crippen LogP contribution in [0.1, 0.15) is 32.4 Å². The Balaban J connectivity index is 1.54. The van der Waals surface area contributed by atoms with Crippen molar-refractivity contribution in [2.24, 2.45) is 5.92 Å². The van der Waals surface area contributed by atoms with E-state index in [9.17, 15) is 5.11 Å². The molecule has 0 amide bonds. The number of fused-ring (bicyclic) bond motifs is 1. The van der Waals surface area contributed by atoms with Crippen LogP contribution in [0.15, 0.2) is 42.6 Å². The largest absolute Gasteiger partial charge is 0.493 e. The molecule has 2 N–H and O–H groups in total. The second-order valence-electron chi connectivity index (χ2n) is 8.13. The van der Waals surface area contributed by atoms with Gasteiger partial charge in [0, 0.05) is 29.2 Å². The highest BCUT2D eigenvalue weighted by Gasteiger charge is 2.24. The van der Waals surface area contributed by atoms with E-state index in [1.165, 1.54) is 5.69 Å². The minimum atomic E-state index is 0.237. The number of pyridine rings is 1. The predicted octanol–water partition coefficient (Wildman–Crippen LogP) is 4.22. The van der Waals surface area contributed by atoms with E-state index in [4.69, 9.17) is 4.74 Å². The van der Waals surface area contributed by atoms with Crippen molar-refractivity contribution in [3.8, 4) is 17.0 Å². The van der Waals surface area contributed by atoms with Crippen molar-refractivity contribution in [3.05, 3.63) is 48.3 Å². The number of aromatic nitrogens is 2. The highest BCUT2D eigenvalue weighted by molar-refractivity contribution is 5.83. The topological polar surface area (TPSA) is 61.4 Å². The Bertz CT molecular complexity index is 934. The molecule has 0 radical (unpaired) electrons. The number of aromatic amines is 1. The van der Waals surface area contributed by atoms with Crippen molar-refractivity contribution in [2.45, 2.75) is 39.3 Å². The first-order chi connectivity index (χ1) is 13.6. The number of H-pyrrole nitrogens is 1. The van der Waals surface area contributed by atoms with Crippen LogP contribution in [0.25, 0.3) is 22.2 Å². The molecule has 1 aliphatic heterocycles. The second-order valence-corrected chi connectivity index (χ2v) is 8.13. The molecule has 1 aromatic carbocycles. The van der Waals surface area contributed by atoms with Gasteiger partial charge in [-0.05, 0) is 49.6 Å². The second kappa shape index (κ2) is 8.33. The van der Waals surface area contributed by atoms with Crippen LogP contribution >= 0.6 is 0 Å². The molecule has 0 unspecified atom stereocenters. The molecule has 3 aromatic rings. The Labute approximate surface area is 166 Å². The third kappa shape index (κ3) is 4.21. The number of aliphatic hydroxyl groups excluding tert-OH is 1. The van der Waals surface area contributed by atoms with Crippen molar-refractivity contribution in [1.82, 2.24) is 14.9 Å². The van der Waals surface area contributed by atoms with Gasteiger partial charge >= 0.3 is 0 Å². The fraction of sp³-hybridized carbons (Fsp3) is 0.435. The number of hydrogen-bond acceptors (Lipinski definition) is 4. The van der Waals surface area contributed by atoms with E-state index in [0.29, 0.717) is 12.5 Å². The first kappa shape index (κ1) is 19.0. The lowest BCUT2D eigenvalue weighted by molar-refractivity contribution is 0.152. The molecule has 28 heavy (non-hydrogen) atoms. The zero-order valence-electron chi connectivity index (χ0n) is 16.7. The number of ether oxygens (including phenoxy) is 1. The summed E-state index contributed by atoms with van der Waals surface area (Å²) in [7, 11) is 0. The first-order valence-corrected chi connectivity index (χ1v) is 10.2. The summed E-state index contributed by atoms with van der Waals surface area (Å²) >= 11 is 0. The lowest BCUT2D eigenvalue weighted by atomic mass is 10.1. The summed E-state index contributed by atoms with van der Waals surface area (Å²) in [4.78, 5) is 10.5. The van der Waals surface area contributed by atoms with E-state index in [-0.39, 0.29) is 12.6 Å². The Hall–Kier alpha value is -2.37. The summed E-state index contributed by atoms with van der Waals surface area (Å²) in [6, 6.07) is 12.7. The van der Waals surface area contributed by atoms with E-state index in [1.54, 1.807) is 0 Å². The number of benzene rings is 1. The summed E-state index contributed by atoms with van der Waals surface area (Å²) in [5.41, 5.74) is 4.22. The third-order valence-electron chi connectivity index (χ3n) is 5.36. The van der Waals surface area contributed by atoms with Crippen LogP contribution in [-0.2, 0) is 6.54 Å². The van der Waals surface area contributed by atoms with E-state index in [1.807, 2.05) is 18.3 Å². The number of hydrogen-bond donors (Lipinski definition) is 2. The fourth-order valence-electron chi connectivity index (χ4n) is 3.87. The van der Waals surface area contributed by atoms with Crippen LogP contribution < -0.4 is 4.74 Å². The highest BCUT2D eigenvalue weighted by atomic mass is 16.5. The molecule has 1 saturated heterocycles. The van der Waals surface area contributed by atoms with Gasteiger partial charge in [0.05, 0.1) is 30.6 Å². The zero-order valence-corrected chi connectivity index (χ0v) is 16.7. The van der Waals surface area contributed by atoms with Gasteiger partial charge in [-0.1, -0.05) is 26.0 Å². The van der Waals surface area contributed by atoms with Crippen molar-refractivity contribution in [3.63, 3.8) is 0 Å². The molecule has 1 aliphatic rings.